The number of fused-ring (bicyclic) bond motifs is 1. The summed E-state index contributed by atoms with van der Waals surface area (Å²) in [5, 5.41) is 0.617. The highest BCUT2D eigenvalue weighted by molar-refractivity contribution is 5.77. The van der Waals surface area contributed by atoms with Crippen LogP contribution in [0.5, 0.6) is 0 Å². The van der Waals surface area contributed by atoms with E-state index in [-0.39, 0.29) is 5.56 Å². The van der Waals surface area contributed by atoms with E-state index < -0.39 is 6.67 Å². The van der Waals surface area contributed by atoms with E-state index in [1.807, 2.05) is 12.3 Å². The fourth-order valence-electron chi connectivity index (χ4n) is 2.58. The van der Waals surface area contributed by atoms with Crippen LogP contribution in [0, 0.1) is 0 Å². The van der Waals surface area contributed by atoms with Gasteiger partial charge in [-0.25, -0.2) is 9.37 Å². The first-order valence-electron chi connectivity index (χ1n) is 7.02. The molecule has 0 aliphatic heterocycles. The van der Waals surface area contributed by atoms with E-state index in [0.29, 0.717) is 22.8 Å². The second-order valence-electron chi connectivity index (χ2n) is 5.44. The van der Waals surface area contributed by atoms with Gasteiger partial charge in [0, 0.05) is 17.8 Å². The van der Waals surface area contributed by atoms with Crippen molar-refractivity contribution >= 4 is 11.0 Å². The third-order valence-electron chi connectivity index (χ3n) is 3.90. The quantitative estimate of drug-likeness (QED) is 0.802. The van der Waals surface area contributed by atoms with Gasteiger partial charge >= 0.3 is 0 Å². The molecule has 0 saturated heterocycles. The lowest BCUT2D eigenvalue weighted by molar-refractivity contribution is 0.485. The number of nitrogens with one attached hydrogen (secondary N) is 1. The molecule has 2 heterocycles. The van der Waals surface area contributed by atoms with E-state index in [1.165, 1.54) is 0 Å². The standard InChI is InChI=1S/C16H14FN3O/c17-9-10-1-3-11(4-2-10)14-18-15-13(16(21)19-14)7-8-20(15)12-5-6-12/h1-4,7-8,12H,5-6,9H2,(H,18,19,21). The highest BCUT2D eigenvalue weighted by Crippen LogP contribution is 2.36. The van der Waals surface area contributed by atoms with Crippen molar-refractivity contribution in [2.45, 2.75) is 25.6 Å². The molecule has 0 atom stereocenters. The van der Waals surface area contributed by atoms with E-state index >= 15 is 0 Å². The second kappa shape index (κ2) is 4.55. The van der Waals surface area contributed by atoms with E-state index in [1.54, 1.807) is 24.3 Å². The molecular weight excluding hydrogens is 269 g/mol. The minimum atomic E-state index is -0.492. The van der Waals surface area contributed by atoms with Crippen molar-refractivity contribution in [3.05, 3.63) is 52.4 Å². The number of hydrogen-bond donors (Lipinski definition) is 1. The van der Waals surface area contributed by atoms with E-state index in [9.17, 15) is 9.18 Å². The Bertz CT molecular complexity index is 859. The van der Waals surface area contributed by atoms with Crippen molar-refractivity contribution in [2.75, 3.05) is 0 Å². The van der Waals surface area contributed by atoms with Crippen LogP contribution in [0.15, 0.2) is 41.3 Å². The molecule has 0 amide bonds. The summed E-state index contributed by atoms with van der Waals surface area (Å²) in [6, 6.07) is 9.26. The SMILES string of the molecule is O=c1[nH]c(-c2ccc(CF)cc2)nc2c1ccn2C1CC1. The molecule has 106 valence electrons. The summed E-state index contributed by atoms with van der Waals surface area (Å²) in [6.07, 6.45) is 4.21. The molecule has 0 radical (unpaired) electrons. The molecular formula is C16H14FN3O. The molecule has 2 aromatic heterocycles. The van der Waals surface area contributed by atoms with Gasteiger partial charge in [0.1, 0.15) is 18.1 Å². The highest BCUT2D eigenvalue weighted by atomic mass is 19.1. The summed E-state index contributed by atoms with van der Waals surface area (Å²) in [5.41, 5.74) is 1.99. The molecule has 4 nitrogen and oxygen atoms in total. The maximum Gasteiger partial charge on any atom is 0.260 e. The van der Waals surface area contributed by atoms with Crippen LogP contribution >= 0.6 is 0 Å². The molecule has 1 aliphatic carbocycles. The molecule has 0 spiro atoms. The van der Waals surface area contributed by atoms with Gasteiger partial charge in [-0.1, -0.05) is 24.3 Å². The molecule has 1 aromatic carbocycles. The zero-order chi connectivity index (χ0) is 14.4. The summed E-state index contributed by atoms with van der Waals surface area (Å²) in [5.74, 6) is 0.526. The van der Waals surface area contributed by atoms with Crippen molar-refractivity contribution in [2.24, 2.45) is 0 Å². The fraction of sp³-hybridized carbons (Fsp3) is 0.250. The Hall–Kier alpha value is -2.43. The van der Waals surface area contributed by atoms with E-state index in [0.717, 1.165) is 24.1 Å². The van der Waals surface area contributed by atoms with Crippen LogP contribution in [0.4, 0.5) is 4.39 Å². The van der Waals surface area contributed by atoms with Gasteiger partial charge in [-0.15, -0.1) is 0 Å². The Labute approximate surface area is 120 Å². The van der Waals surface area contributed by atoms with E-state index in [2.05, 4.69) is 14.5 Å². The average Bonchev–Trinajstić information content (AvgIpc) is 3.27. The van der Waals surface area contributed by atoms with Gasteiger partial charge in [0.05, 0.1) is 5.39 Å². The maximum atomic E-state index is 12.6. The number of benzene rings is 1. The number of H-pyrrole nitrogens is 1. The zero-order valence-electron chi connectivity index (χ0n) is 11.3. The van der Waals surface area contributed by atoms with Crippen LogP contribution in [-0.2, 0) is 6.67 Å². The normalized spacial score (nSPS) is 14.7. The second-order valence-corrected chi connectivity index (χ2v) is 5.44. The first kappa shape index (κ1) is 12.3. The van der Waals surface area contributed by atoms with Crippen LogP contribution in [0.2, 0.25) is 0 Å². The van der Waals surface area contributed by atoms with Crippen LogP contribution < -0.4 is 5.56 Å². The lowest BCUT2D eigenvalue weighted by Crippen LogP contribution is -2.10. The van der Waals surface area contributed by atoms with Crippen molar-refractivity contribution in [3.8, 4) is 11.4 Å². The molecule has 1 saturated carbocycles. The fourth-order valence-corrected chi connectivity index (χ4v) is 2.58. The van der Waals surface area contributed by atoms with Gasteiger partial charge in [0.25, 0.3) is 5.56 Å². The molecule has 4 rings (SSSR count). The largest absolute Gasteiger partial charge is 0.329 e. The van der Waals surface area contributed by atoms with Gasteiger partial charge < -0.3 is 9.55 Å². The Morgan fingerprint density at radius 2 is 2.00 bits per heavy atom. The van der Waals surface area contributed by atoms with Gasteiger partial charge in [-0.2, -0.15) is 0 Å². The minimum absolute atomic E-state index is 0.135. The Balaban J connectivity index is 1.87. The number of aromatic amines is 1. The molecule has 5 heteroatoms. The number of hydrogen-bond acceptors (Lipinski definition) is 2. The third-order valence-corrected chi connectivity index (χ3v) is 3.90. The smallest absolute Gasteiger partial charge is 0.260 e. The first-order valence-corrected chi connectivity index (χ1v) is 7.02. The van der Waals surface area contributed by atoms with Gasteiger partial charge in [0.2, 0.25) is 0 Å². The van der Waals surface area contributed by atoms with Crippen LogP contribution in [0.1, 0.15) is 24.4 Å². The lowest BCUT2D eigenvalue weighted by Gasteiger charge is -2.05. The Morgan fingerprint density at radius 3 is 2.67 bits per heavy atom. The van der Waals surface area contributed by atoms with Gasteiger partial charge in [0.15, 0.2) is 0 Å². The van der Waals surface area contributed by atoms with Crippen LogP contribution in [-0.4, -0.2) is 14.5 Å². The minimum Gasteiger partial charge on any atom is -0.329 e. The molecule has 0 unspecified atom stereocenters. The summed E-state index contributed by atoms with van der Waals surface area (Å²) in [7, 11) is 0. The summed E-state index contributed by atoms with van der Waals surface area (Å²) >= 11 is 0. The molecule has 1 aliphatic rings. The maximum absolute atomic E-state index is 12.6. The van der Waals surface area contributed by atoms with Crippen LogP contribution in [0.3, 0.4) is 0 Å². The van der Waals surface area contributed by atoms with Crippen molar-refractivity contribution < 1.29 is 4.39 Å². The Morgan fingerprint density at radius 1 is 1.24 bits per heavy atom. The number of nitrogens with zero attached hydrogens (tertiary/aromatic N) is 2. The molecule has 3 aromatic rings. The lowest BCUT2D eigenvalue weighted by atomic mass is 10.1. The molecule has 0 bridgehead atoms. The molecule has 1 fully saturated rings. The predicted molar refractivity (Wildman–Crippen MR) is 78.9 cm³/mol. The average molecular weight is 283 g/mol. The monoisotopic (exact) mass is 283 g/mol. The first-order chi connectivity index (χ1) is 10.3. The van der Waals surface area contributed by atoms with Crippen molar-refractivity contribution in [3.63, 3.8) is 0 Å². The van der Waals surface area contributed by atoms with Crippen molar-refractivity contribution in [1.82, 2.24) is 14.5 Å². The number of halogens is 1. The number of aromatic nitrogens is 3. The molecule has 1 N–H and O–H groups in total. The number of rotatable bonds is 3. The number of alkyl halides is 1. The third kappa shape index (κ3) is 2.05. The van der Waals surface area contributed by atoms with E-state index in [4.69, 9.17) is 0 Å². The summed E-state index contributed by atoms with van der Waals surface area (Å²) in [4.78, 5) is 19.6. The van der Waals surface area contributed by atoms with Crippen LogP contribution in [0.25, 0.3) is 22.4 Å². The van der Waals surface area contributed by atoms with Crippen molar-refractivity contribution in [1.29, 1.82) is 0 Å². The van der Waals surface area contributed by atoms with Gasteiger partial charge in [-0.3, -0.25) is 4.79 Å². The summed E-state index contributed by atoms with van der Waals surface area (Å²) < 4.78 is 14.6. The topological polar surface area (TPSA) is 50.7 Å². The van der Waals surface area contributed by atoms with Gasteiger partial charge in [-0.05, 0) is 24.5 Å². The zero-order valence-corrected chi connectivity index (χ0v) is 11.3. The predicted octanol–water partition coefficient (Wildman–Crippen LogP) is 3.20. The molecule has 21 heavy (non-hydrogen) atoms. The highest BCUT2D eigenvalue weighted by Gasteiger charge is 2.25. The summed E-state index contributed by atoms with van der Waals surface area (Å²) in [6.45, 7) is -0.492. The Kier molecular flexibility index (Phi) is 2.67.